The van der Waals surface area contributed by atoms with Gasteiger partial charge in [0.1, 0.15) is 0 Å². The van der Waals surface area contributed by atoms with Crippen LogP contribution in [0.3, 0.4) is 0 Å². The van der Waals surface area contributed by atoms with Crippen molar-refractivity contribution < 1.29 is 19.1 Å². The number of nitrogens with one attached hydrogen (secondary N) is 1. The fourth-order valence-electron chi connectivity index (χ4n) is 3.76. The molecule has 0 atom stereocenters. The number of carbonyl (C=O) groups excluding carboxylic acids is 3. The highest BCUT2D eigenvalue weighted by molar-refractivity contribution is 6.09. The molecule has 0 saturated carbocycles. The Morgan fingerprint density at radius 3 is 2.40 bits per heavy atom. The number of morpholine rings is 1. The summed E-state index contributed by atoms with van der Waals surface area (Å²) in [4.78, 5) is 41.0. The number of amides is 3. The van der Waals surface area contributed by atoms with Gasteiger partial charge >= 0.3 is 0 Å². The smallest absolute Gasteiger partial charge is 0.256 e. The molecule has 156 valence electrons. The van der Waals surface area contributed by atoms with Crippen LogP contribution in [-0.4, -0.2) is 60.4 Å². The Kier molecular flexibility index (Phi) is 6.09. The molecule has 3 amide bonds. The summed E-state index contributed by atoms with van der Waals surface area (Å²) >= 11 is 0. The standard InChI is InChI=1S/C23H25N3O4/c27-21-6-3-11-26(21)16-17-7-9-18(10-8-17)22(28)24-20-5-2-1-4-19(20)23(29)25-12-14-30-15-13-25/h1-2,4-5,7-10H,3,6,11-16H2,(H,24,28). The van der Waals surface area contributed by atoms with Gasteiger partial charge in [-0.05, 0) is 36.2 Å². The zero-order valence-corrected chi connectivity index (χ0v) is 16.8. The maximum absolute atomic E-state index is 12.9. The first kappa shape index (κ1) is 20.1. The molecule has 0 spiro atoms. The lowest BCUT2D eigenvalue weighted by atomic mass is 10.1. The monoisotopic (exact) mass is 407 g/mol. The van der Waals surface area contributed by atoms with E-state index in [0.29, 0.717) is 56.1 Å². The summed E-state index contributed by atoms with van der Waals surface area (Å²) in [6.45, 7) is 3.49. The van der Waals surface area contributed by atoms with Crippen LogP contribution in [0.1, 0.15) is 39.1 Å². The third-order valence-corrected chi connectivity index (χ3v) is 5.46. The predicted molar refractivity (Wildman–Crippen MR) is 112 cm³/mol. The lowest BCUT2D eigenvalue weighted by Crippen LogP contribution is -2.41. The number of rotatable bonds is 5. The van der Waals surface area contributed by atoms with Crippen LogP contribution in [0.25, 0.3) is 0 Å². The molecule has 0 unspecified atom stereocenters. The molecule has 7 heteroatoms. The van der Waals surface area contributed by atoms with Crippen molar-refractivity contribution in [3.8, 4) is 0 Å². The van der Waals surface area contributed by atoms with Gasteiger partial charge < -0.3 is 19.9 Å². The largest absolute Gasteiger partial charge is 0.378 e. The summed E-state index contributed by atoms with van der Waals surface area (Å²) in [5.41, 5.74) is 2.45. The van der Waals surface area contributed by atoms with E-state index < -0.39 is 0 Å². The number of likely N-dealkylation sites (tertiary alicyclic amines) is 1. The highest BCUT2D eigenvalue weighted by Gasteiger charge is 2.22. The Morgan fingerprint density at radius 2 is 1.70 bits per heavy atom. The molecule has 2 aliphatic heterocycles. The normalized spacial score (nSPS) is 16.6. The van der Waals surface area contributed by atoms with Crippen molar-refractivity contribution in [1.82, 2.24) is 9.80 Å². The van der Waals surface area contributed by atoms with Crippen LogP contribution in [0.5, 0.6) is 0 Å². The number of ether oxygens (including phenoxy) is 1. The number of carbonyl (C=O) groups is 3. The average molecular weight is 407 g/mol. The first-order valence-corrected chi connectivity index (χ1v) is 10.3. The van der Waals surface area contributed by atoms with Gasteiger partial charge in [0.05, 0.1) is 24.5 Å². The van der Waals surface area contributed by atoms with Gasteiger partial charge in [-0.15, -0.1) is 0 Å². The SMILES string of the molecule is O=C(Nc1ccccc1C(=O)N1CCOCC1)c1ccc(CN2CCCC2=O)cc1. The fraction of sp³-hybridized carbons (Fsp3) is 0.348. The third kappa shape index (κ3) is 4.52. The minimum absolute atomic E-state index is 0.111. The van der Waals surface area contributed by atoms with E-state index in [0.717, 1.165) is 18.5 Å². The van der Waals surface area contributed by atoms with Gasteiger partial charge in [-0.1, -0.05) is 24.3 Å². The molecule has 4 rings (SSSR count). The molecule has 0 radical (unpaired) electrons. The molecule has 2 aromatic rings. The zero-order valence-electron chi connectivity index (χ0n) is 16.8. The summed E-state index contributed by atoms with van der Waals surface area (Å²) in [5, 5.41) is 2.86. The Bertz CT molecular complexity index is 936. The van der Waals surface area contributed by atoms with Crippen LogP contribution in [0.2, 0.25) is 0 Å². The minimum Gasteiger partial charge on any atom is -0.378 e. The van der Waals surface area contributed by atoms with Gasteiger partial charge in [-0.3, -0.25) is 14.4 Å². The molecule has 0 bridgehead atoms. The molecule has 30 heavy (non-hydrogen) atoms. The van der Waals surface area contributed by atoms with E-state index in [-0.39, 0.29) is 17.7 Å². The average Bonchev–Trinajstić information content (AvgIpc) is 3.19. The van der Waals surface area contributed by atoms with Gasteiger partial charge in [-0.25, -0.2) is 0 Å². The molecule has 7 nitrogen and oxygen atoms in total. The molecule has 2 fully saturated rings. The highest BCUT2D eigenvalue weighted by atomic mass is 16.5. The number of hydrogen-bond acceptors (Lipinski definition) is 4. The van der Waals surface area contributed by atoms with Crippen LogP contribution >= 0.6 is 0 Å². The van der Waals surface area contributed by atoms with E-state index in [2.05, 4.69) is 5.32 Å². The molecular formula is C23H25N3O4. The van der Waals surface area contributed by atoms with Crippen LogP contribution in [-0.2, 0) is 16.1 Å². The topological polar surface area (TPSA) is 79.0 Å². The first-order chi connectivity index (χ1) is 14.6. The summed E-state index contributed by atoms with van der Waals surface area (Å²) in [6.07, 6.45) is 1.52. The maximum atomic E-state index is 12.9. The van der Waals surface area contributed by atoms with Crippen molar-refractivity contribution in [2.24, 2.45) is 0 Å². The van der Waals surface area contributed by atoms with Gasteiger partial charge in [-0.2, -0.15) is 0 Å². The number of para-hydroxylation sites is 1. The van der Waals surface area contributed by atoms with E-state index in [1.807, 2.05) is 17.0 Å². The molecule has 2 heterocycles. The summed E-state index contributed by atoms with van der Waals surface area (Å²) < 4.78 is 5.31. The number of nitrogens with zero attached hydrogens (tertiary/aromatic N) is 2. The second kappa shape index (κ2) is 9.09. The lowest BCUT2D eigenvalue weighted by molar-refractivity contribution is -0.128. The fourth-order valence-corrected chi connectivity index (χ4v) is 3.76. The Morgan fingerprint density at radius 1 is 0.967 bits per heavy atom. The van der Waals surface area contributed by atoms with Crippen LogP contribution < -0.4 is 5.32 Å². The lowest BCUT2D eigenvalue weighted by Gasteiger charge is -2.27. The van der Waals surface area contributed by atoms with Crippen molar-refractivity contribution >= 4 is 23.4 Å². The second-order valence-electron chi connectivity index (χ2n) is 7.52. The third-order valence-electron chi connectivity index (χ3n) is 5.46. The summed E-state index contributed by atoms with van der Waals surface area (Å²) in [5.74, 6) is -0.209. The van der Waals surface area contributed by atoms with Crippen molar-refractivity contribution in [1.29, 1.82) is 0 Å². The van der Waals surface area contributed by atoms with E-state index in [1.165, 1.54) is 0 Å². The van der Waals surface area contributed by atoms with Crippen molar-refractivity contribution in [3.05, 3.63) is 65.2 Å². The summed E-state index contributed by atoms with van der Waals surface area (Å²) in [6, 6.07) is 14.3. The molecule has 0 aliphatic carbocycles. The number of benzene rings is 2. The maximum Gasteiger partial charge on any atom is 0.256 e. The molecule has 1 N–H and O–H groups in total. The van der Waals surface area contributed by atoms with Gasteiger partial charge in [0.2, 0.25) is 5.91 Å². The zero-order chi connectivity index (χ0) is 20.9. The number of anilines is 1. The van der Waals surface area contributed by atoms with E-state index in [4.69, 9.17) is 4.74 Å². The van der Waals surface area contributed by atoms with Crippen LogP contribution in [0.4, 0.5) is 5.69 Å². The molecular weight excluding hydrogens is 382 g/mol. The second-order valence-corrected chi connectivity index (χ2v) is 7.52. The Balaban J connectivity index is 1.43. The quantitative estimate of drug-likeness (QED) is 0.826. The van der Waals surface area contributed by atoms with Crippen molar-refractivity contribution in [2.75, 3.05) is 38.2 Å². The Labute approximate surface area is 175 Å². The first-order valence-electron chi connectivity index (χ1n) is 10.3. The van der Waals surface area contributed by atoms with Gasteiger partial charge in [0.15, 0.2) is 0 Å². The number of hydrogen-bond donors (Lipinski definition) is 1. The molecule has 2 saturated heterocycles. The summed E-state index contributed by atoms with van der Waals surface area (Å²) in [7, 11) is 0. The molecule has 2 aliphatic rings. The Hall–Kier alpha value is -3.19. The van der Waals surface area contributed by atoms with Crippen LogP contribution in [0.15, 0.2) is 48.5 Å². The van der Waals surface area contributed by atoms with E-state index in [1.54, 1.807) is 41.3 Å². The minimum atomic E-state index is -0.277. The van der Waals surface area contributed by atoms with Crippen LogP contribution in [0, 0.1) is 0 Å². The molecule has 2 aromatic carbocycles. The predicted octanol–water partition coefficient (Wildman–Crippen LogP) is 2.53. The van der Waals surface area contributed by atoms with Crippen molar-refractivity contribution in [3.63, 3.8) is 0 Å². The highest BCUT2D eigenvalue weighted by Crippen LogP contribution is 2.20. The van der Waals surface area contributed by atoms with Gasteiger partial charge in [0.25, 0.3) is 11.8 Å². The van der Waals surface area contributed by atoms with E-state index in [9.17, 15) is 14.4 Å². The van der Waals surface area contributed by atoms with E-state index >= 15 is 0 Å². The molecule has 0 aromatic heterocycles. The van der Waals surface area contributed by atoms with Crippen molar-refractivity contribution in [2.45, 2.75) is 19.4 Å². The van der Waals surface area contributed by atoms with Gasteiger partial charge in [0, 0.05) is 38.2 Å².